The van der Waals surface area contributed by atoms with Crippen molar-refractivity contribution in [1.29, 1.82) is 0 Å². The molecule has 1 heterocycles. The summed E-state index contributed by atoms with van der Waals surface area (Å²) < 4.78 is 15.5. The largest absolute Gasteiger partial charge is 0.465 e. The minimum atomic E-state index is -0.640. The topological polar surface area (TPSA) is 61.8 Å². The number of ether oxygens (including phenoxy) is 3. The second-order valence-electron chi connectivity index (χ2n) is 5.18. The molecule has 4 rings (SSSR count). The molecule has 0 saturated heterocycles. The summed E-state index contributed by atoms with van der Waals surface area (Å²) >= 11 is 0. The molecule has 0 bridgehead atoms. The smallest absolute Gasteiger partial charge is 0.342 e. The maximum atomic E-state index is 12.6. The van der Waals surface area contributed by atoms with Crippen LogP contribution in [0.1, 0.15) is 21.5 Å². The molecule has 0 unspecified atom stereocenters. The summed E-state index contributed by atoms with van der Waals surface area (Å²) in [4.78, 5) is 24.8. The molecule has 0 atom stereocenters. The van der Waals surface area contributed by atoms with Crippen LogP contribution in [0.2, 0.25) is 0 Å². The maximum absolute atomic E-state index is 12.6. The van der Waals surface area contributed by atoms with Gasteiger partial charge in [0, 0.05) is 11.1 Å². The van der Waals surface area contributed by atoms with Crippen molar-refractivity contribution < 1.29 is 23.8 Å². The first-order valence-electron chi connectivity index (χ1n) is 7.07. The van der Waals surface area contributed by atoms with Gasteiger partial charge in [-0.05, 0) is 23.3 Å². The van der Waals surface area contributed by atoms with E-state index < -0.39 is 5.97 Å². The second kappa shape index (κ2) is 4.98. The highest BCUT2D eigenvalue weighted by Crippen LogP contribution is 2.41. The van der Waals surface area contributed by atoms with E-state index in [9.17, 15) is 9.59 Å². The number of methoxy groups -OCH3 is 1. The van der Waals surface area contributed by atoms with E-state index in [2.05, 4.69) is 0 Å². The Bertz CT molecular complexity index is 879. The number of hydrogen-bond donors (Lipinski definition) is 0. The lowest BCUT2D eigenvalue weighted by Crippen LogP contribution is -2.12. The van der Waals surface area contributed by atoms with Crippen molar-refractivity contribution >= 4 is 17.3 Å². The Morgan fingerprint density at radius 3 is 2.57 bits per heavy atom. The number of carbonyl (C=O) groups is 2. The van der Waals surface area contributed by atoms with Crippen LogP contribution < -0.4 is 9.47 Å². The Morgan fingerprint density at radius 2 is 1.78 bits per heavy atom. The van der Waals surface area contributed by atoms with Crippen molar-refractivity contribution in [3.8, 4) is 11.5 Å². The van der Waals surface area contributed by atoms with Gasteiger partial charge in [-0.15, -0.1) is 0 Å². The number of carbonyl (C=O) groups excluding carboxylic acids is 2. The molecule has 0 spiro atoms. The number of rotatable bonds is 2. The quantitative estimate of drug-likeness (QED) is 0.630. The number of benzene rings is 2. The zero-order valence-electron chi connectivity index (χ0n) is 12.3. The minimum Gasteiger partial charge on any atom is -0.465 e. The van der Waals surface area contributed by atoms with Crippen LogP contribution in [-0.4, -0.2) is 25.7 Å². The fourth-order valence-corrected chi connectivity index (χ4v) is 2.93. The Hall–Kier alpha value is -3.08. The number of Topliss-reactive ketones (excluding diaryl/α,β-unsaturated/α-hetero) is 1. The van der Waals surface area contributed by atoms with E-state index >= 15 is 0 Å². The summed E-state index contributed by atoms with van der Waals surface area (Å²) in [6.45, 7) is 0.164. The zero-order chi connectivity index (χ0) is 16.0. The summed E-state index contributed by atoms with van der Waals surface area (Å²) in [5.41, 5.74) is 2.55. The molecule has 1 aliphatic heterocycles. The second-order valence-corrected chi connectivity index (χ2v) is 5.18. The van der Waals surface area contributed by atoms with Gasteiger partial charge < -0.3 is 14.2 Å². The first-order chi connectivity index (χ1) is 11.2. The molecule has 0 radical (unpaired) electrons. The highest BCUT2D eigenvalue weighted by Gasteiger charge is 2.35. The normalized spacial score (nSPS) is 14.9. The van der Waals surface area contributed by atoms with Crippen molar-refractivity contribution in [3.63, 3.8) is 0 Å². The number of ketones is 1. The van der Waals surface area contributed by atoms with Gasteiger partial charge in [0.25, 0.3) is 0 Å². The van der Waals surface area contributed by atoms with Gasteiger partial charge in [-0.1, -0.05) is 30.3 Å². The van der Waals surface area contributed by atoms with E-state index in [0.29, 0.717) is 28.2 Å². The highest BCUT2D eigenvalue weighted by atomic mass is 16.7. The highest BCUT2D eigenvalue weighted by molar-refractivity contribution is 6.35. The lowest BCUT2D eigenvalue weighted by atomic mass is 9.97. The van der Waals surface area contributed by atoms with Crippen molar-refractivity contribution in [2.75, 3.05) is 13.9 Å². The molecular formula is C18H12O5. The van der Waals surface area contributed by atoms with Crippen LogP contribution in [0.25, 0.3) is 5.57 Å². The van der Waals surface area contributed by atoms with E-state index in [-0.39, 0.29) is 18.1 Å². The Morgan fingerprint density at radius 1 is 1.04 bits per heavy atom. The van der Waals surface area contributed by atoms with Crippen LogP contribution in [0.5, 0.6) is 11.5 Å². The first kappa shape index (κ1) is 13.6. The lowest BCUT2D eigenvalue weighted by molar-refractivity contribution is -0.135. The molecule has 0 fully saturated rings. The third kappa shape index (κ3) is 1.93. The van der Waals surface area contributed by atoms with Crippen molar-refractivity contribution in [2.24, 2.45) is 0 Å². The predicted octanol–water partition coefficient (Wildman–Crippen LogP) is 2.59. The van der Waals surface area contributed by atoms with Crippen LogP contribution in [0.3, 0.4) is 0 Å². The van der Waals surface area contributed by atoms with Gasteiger partial charge in [0.15, 0.2) is 11.5 Å². The standard InChI is InChI=1S/C18H12O5/c1-21-18(20)16-15(11-4-2-3-5-12(11)17(16)19)10-6-7-13-14(8-10)23-9-22-13/h2-8H,9H2,1H3. The van der Waals surface area contributed by atoms with Gasteiger partial charge in [0.1, 0.15) is 5.57 Å². The van der Waals surface area contributed by atoms with Crippen LogP contribution in [-0.2, 0) is 9.53 Å². The van der Waals surface area contributed by atoms with Crippen LogP contribution in [0.15, 0.2) is 48.0 Å². The SMILES string of the molecule is COC(=O)C1=C(c2ccc3c(c2)OCO3)c2ccccc2C1=O. The molecule has 23 heavy (non-hydrogen) atoms. The Balaban J connectivity index is 1.96. The molecule has 5 nitrogen and oxygen atoms in total. The zero-order valence-corrected chi connectivity index (χ0v) is 12.3. The third-order valence-electron chi connectivity index (χ3n) is 3.97. The lowest BCUT2D eigenvalue weighted by Gasteiger charge is -2.08. The summed E-state index contributed by atoms with van der Waals surface area (Å²) in [7, 11) is 1.27. The molecule has 0 saturated carbocycles. The molecule has 0 N–H and O–H groups in total. The molecular weight excluding hydrogens is 296 g/mol. The minimum absolute atomic E-state index is 0.0487. The molecule has 0 amide bonds. The Labute approximate surface area is 132 Å². The maximum Gasteiger partial charge on any atom is 0.342 e. The van der Waals surface area contributed by atoms with Gasteiger partial charge in [0.2, 0.25) is 12.6 Å². The van der Waals surface area contributed by atoms with Crippen molar-refractivity contribution in [1.82, 2.24) is 0 Å². The van der Waals surface area contributed by atoms with E-state index in [1.165, 1.54) is 7.11 Å². The van der Waals surface area contributed by atoms with Gasteiger partial charge >= 0.3 is 5.97 Å². The average molecular weight is 308 g/mol. The van der Waals surface area contributed by atoms with E-state index in [1.807, 2.05) is 12.1 Å². The molecule has 114 valence electrons. The Kier molecular flexibility index (Phi) is 2.94. The van der Waals surface area contributed by atoms with E-state index in [1.54, 1.807) is 30.3 Å². The summed E-state index contributed by atoms with van der Waals surface area (Å²) in [6, 6.07) is 12.5. The van der Waals surface area contributed by atoms with Gasteiger partial charge in [0.05, 0.1) is 7.11 Å². The molecule has 2 aromatic rings. The average Bonchev–Trinajstić information content (AvgIpc) is 3.16. The third-order valence-corrected chi connectivity index (χ3v) is 3.97. The van der Waals surface area contributed by atoms with Crippen LogP contribution >= 0.6 is 0 Å². The molecule has 1 aliphatic carbocycles. The fraction of sp³-hybridized carbons (Fsp3) is 0.111. The number of fused-ring (bicyclic) bond motifs is 2. The van der Waals surface area contributed by atoms with E-state index in [4.69, 9.17) is 14.2 Å². The summed E-state index contributed by atoms with van der Waals surface area (Å²) in [5.74, 6) is 0.279. The van der Waals surface area contributed by atoms with Gasteiger partial charge in [-0.25, -0.2) is 4.79 Å². The van der Waals surface area contributed by atoms with Gasteiger partial charge in [-0.2, -0.15) is 0 Å². The fourth-order valence-electron chi connectivity index (χ4n) is 2.93. The van der Waals surface area contributed by atoms with E-state index in [0.717, 1.165) is 5.56 Å². The van der Waals surface area contributed by atoms with Crippen LogP contribution in [0, 0.1) is 0 Å². The van der Waals surface area contributed by atoms with Gasteiger partial charge in [-0.3, -0.25) is 4.79 Å². The summed E-state index contributed by atoms with van der Waals surface area (Å²) in [5, 5.41) is 0. The molecule has 2 aromatic carbocycles. The predicted molar refractivity (Wildman–Crippen MR) is 81.4 cm³/mol. The molecule has 2 aliphatic rings. The first-order valence-corrected chi connectivity index (χ1v) is 7.07. The monoisotopic (exact) mass is 308 g/mol. The number of hydrogen-bond acceptors (Lipinski definition) is 5. The van der Waals surface area contributed by atoms with Crippen LogP contribution in [0.4, 0.5) is 0 Å². The summed E-state index contributed by atoms with van der Waals surface area (Å²) in [6.07, 6.45) is 0. The molecule has 0 aromatic heterocycles. The molecule has 5 heteroatoms. The van der Waals surface area contributed by atoms with Crippen molar-refractivity contribution in [2.45, 2.75) is 0 Å². The number of esters is 1. The van der Waals surface area contributed by atoms with Crippen molar-refractivity contribution in [3.05, 3.63) is 64.7 Å².